The Balaban J connectivity index is 1.40. The maximum atomic E-state index is 4.57. The molecule has 3 aromatic heterocycles. The first-order chi connectivity index (χ1) is 13.5. The molecule has 1 aliphatic rings. The van der Waals surface area contributed by atoms with E-state index in [0.29, 0.717) is 18.4 Å². The highest BCUT2D eigenvalue weighted by Gasteiger charge is 2.26. The molecular formula is C20H28N8. The number of aryl methyl sites for hydroxylation is 1. The van der Waals surface area contributed by atoms with E-state index in [1.807, 2.05) is 31.7 Å². The molecule has 4 rings (SSSR count). The summed E-state index contributed by atoms with van der Waals surface area (Å²) in [6.07, 6.45) is 9.76. The van der Waals surface area contributed by atoms with E-state index in [0.717, 1.165) is 49.4 Å². The van der Waals surface area contributed by atoms with Crippen LogP contribution in [0.2, 0.25) is 0 Å². The molecule has 0 amide bonds. The Bertz CT molecular complexity index is 916. The van der Waals surface area contributed by atoms with E-state index in [-0.39, 0.29) is 0 Å². The number of anilines is 1. The molecule has 1 fully saturated rings. The number of aromatic nitrogens is 7. The van der Waals surface area contributed by atoms with Gasteiger partial charge in [0, 0.05) is 50.8 Å². The van der Waals surface area contributed by atoms with Crippen LogP contribution in [0.25, 0.3) is 0 Å². The van der Waals surface area contributed by atoms with Crippen molar-refractivity contribution >= 4 is 5.95 Å². The molecule has 0 saturated carbocycles. The molecule has 148 valence electrons. The van der Waals surface area contributed by atoms with Crippen molar-refractivity contribution in [1.82, 2.24) is 34.3 Å². The van der Waals surface area contributed by atoms with Crippen molar-refractivity contribution in [2.24, 2.45) is 7.05 Å². The highest BCUT2D eigenvalue weighted by Crippen LogP contribution is 2.28. The molecule has 28 heavy (non-hydrogen) atoms. The lowest BCUT2D eigenvalue weighted by atomic mass is 9.96. The molecule has 0 bridgehead atoms. The predicted octanol–water partition coefficient (Wildman–Crippen LogP) is 2.67. The van der Waals surface area contributed by atoms with Gasteiger partial charge in [0.2, 0.25) is 5.95 Å². The van der Waals surface area contributed by atoms with Crippen molar-refractivity contribution in [1.29, 1.82) is 0 Å². The van der Waals surface area contributed by atoms with E-state index in [4.69, 9.17) is 0 Å². The van der Waals surface area contributed by atoms with Gasteiger partial charge >= 0.3 is 0 Å². The first-order valence-electron chi connectivity index (χ1n) is 9.95. The first-order valence-corrected chi connectivity index (χ1v) is 9.95. The molecule has 8 nitrogen and oxygen atoms in total. The molecule has 0 radical (unpaired) electrons. The second-order valence-corrected chi connectivity index (χ2v) is 7.87. The SMILES string of the molecule is Cc1nccn1Cc1nnc(C2CCN(c3ncc(C(C)C)cn3)CC2)n1C. The van der Waals surface area contributed by atoms with Crippen LogP contribution in [0.5, 0.6) is 0 Å². The standard InChI is InChI=1S/C20H28N8/c1-14(2)17-11-22-20(23-12-17)27-8-5-16(6-9-27)19-25-24-18(26(19)4)13-28-10-7-21-15(28)3/h7,10-12,14,16H,5-6,8-9,13H2,1-4H3. The Morgan fingerprint density at radius 3 is 2.39 bits per heavy atom. The zero-order valence-corrected chi connectivity index (χ0v) is 17.1. The summed E-state index contributed by atoms with van der Waals surface area (Å²) in [6, 6.07) is 0. The monoisotopic (exact) mass is 380 g/mol. The van der Waals surface area contributed by atoms with Crippen molar-refractivity contribution in [2.75, 3.05) is 18.0 Å². The average molecular weight is 381 g/mol. The minimum atomic E-state index is 0.418. The van der Waals surface area contributed by atoms with Gasteiger partial charge in [0.05, 0.1) is 6.54 Å². The molecule has 0 aliphatic carbocycles. The molecule has 1 aliphatic heterocycles. The summed E-state index contributed by atoms with van der Waals surface area (Å²) in [5.41, 5.74) is 1.18. The molecule has 8 heteroatoms. The molecule has 0 atom stereocenters. The van der Waals surface area contributed by atoms with E-state index >= 15 is 0 Å². The lowest BCUT2D eigenvalue weighted by Gasteiger charge is -2.31. The summed E-state index contributed by atoms with van der Waals surface area (Å²) in [4.78, 5) is 15.7. The summed E-state index contributed by atoms with van der Waals surface area (Å²) < 4.78 is 4.24. The average Bonchev–Trinajstić information content (AvgIpc) is 3.28. The molecule has 3 aromatic rings. The van der Waals surface area contributed by atoms with Gasteiger partial charge in [-0.1, -0.05) is 13.8 Å². The fraction of sp³-hybridized carbons (Fsp3) is 0.550. The van der Waals surface area contributed by atoms with Crippen molar-refractivity contribution in [3.05, 3.63) is 47.8 Å². The topological polar surface area (TPSA) is 77.6 Å². The minimum Gasteiger partial charge on any atom is -0.341 e. The number of imidazole rings is 1. The van der Waals surface area contributed by atoms with Crippen LogP contribution >= 0.6 is 0 Å². The molecule has 0 spiro atoms. The van der Waals surface area contributed by atoms with Gasteiger partial charge < -0.3 is 14.0 Å². The third-order valence-corrected chi connectivity index (χ3v) is 5.70. The van der Waals surface area contributed by atoms with E-state index in [9.17, 15) is 0 Å². The van der Waals surface area contributed by atoms with Gasteiger partial charge in [0.1, 0.15) is 11.6 Å². The molecule has 0 N–H and O–H groups in total. The minimum absolute atomic E-state index is 0.418. The van der Waals surface area contributed by atoms with Crippen molar-refractivity contribution in [2.45, 2.75) is 52.0 Å². The third-order valence-electron chi connectivity index (χ3n) is 5.70. The van der Waals surface area contributed by atoms with Crippen LogP contribution in [0.4, 0.5) is 5.95 Å². The number of hydrogen-bond donors (Lipinski definition) is 0. The third kappa shape index (κ3) is 3.63. The zero-order chi connectivity index (χ0) is 19.7. The van der Waals surface area contributed by atoms with Gasteiger partial charge in [-0.15, -0.1) is 10.2 Å². The number of nitrogens with zero attached hydrogens (tertiary/aromatic N) is 8. The van der Waals surface area contributed by atoms with E-state index < -0.39 is 0 Å². The summed E-state index contributed by atoms with van der Waals surface area (Å²) >= 11 is 0. The largest absolute Gasteiger partial charge is 0.341 e. The maximum Gasteiger partial charge on any atom is 0.225 e. The Morgan fingerprint density at radius 1 is 1.07 bits per heavy atom. The van der Waals surface area contributed by atoms with Gasteiger partial charge in [0.15, 0.2) is 5.82 Å². The smallest absolute Gasteiger partial charge is 0.225 e. The maximum absolute atomic E-state index is 4.57. The van der Waals surface area contributed by atoms with Gasteiger partial charge in [-0.05, 0) is 31.2 Å². The summed E-state index contributed by atoms with van der Waals surface area (Å²) in [5, 5.41) is 8.94. The normalized spacial score (nSPS) is 15.5. The zero-order valence-electron chi connectivity index (χ0n) is 17.1. The molecule has 1 saturated heterocycles. The Morgan fingerprint density at radius 2 is 1.79 bits per heavy atom. The predicted molar refractivity (Wildman–Crippen MR) is 107 cm³/mol. The van der Waals surface area contributed by atoms with Crippen LogP contribution in [-0.4, -0.2) is 47.4 Å². The lowest BCUT2D eigenvalue weighted by Crippen LogP contribution is -2.34. The van der Waals surface area contributed by atoms with Crippen LogP contribution in [0.15, 0.2) is 24.8 Å². The van der Waals surface area contributed by atoms with Crippen molar-refractivity contribution in [3.63, 3.8) is 0 Å². The van der Waals surface area contributed by atoms with Crippen LogP contribution in [0.1, 0.15) is 61.6 Å². The number of piperidine rings is 1. The lowest BCUT2D eigenvalue weighted by molar-refractivity contribution is 0.467. The van der Waals surface area contributed by atoms with Crippen LogP contribution in [0.3, 0.4) is 0 Å². The highest BCUT2D eigenvalue weighted by molar-refractivity contribution is 5.31. The molecular weight excluding hydrogens is 352 g/mol. The van der Waals surface area contributed by atoms with E-state index in [1.54, 1.807) is 0 Å². The highest BCUT2D eigenvalue weighted by atomic mass is 15.3. The quantitative estimate of drug-likeness (QED) is 0.677. The van der Waals surface area contributed by atoms with E-state index in [2.05, 4.69) is 60.1 Å². The molecule has 0 unspecified atom stereocenters. The number of rotatable bonds is 5. The number of hydrogen-bond acceptors (Lipinski definition) is 6. The Kier molecular flexibility index (Phi) is 5.11. The fourth-order valence-electron chi connectivity index (χ4n) is 3.72. The molecule has 4 heterocycles. The van der Waals surface area contributed by atoms with Gasteiger partial charge in [-0.3, -0.25) is 0 Å². The summed E-state index contributed by atoms with van der Waals surface area (Å²) in [7, 11) is 2.07. The Hall–Kier alpha value is -2.77. The Labute approximate surface area is 165 Å². The van der Waals surface area contributed by atoms with Gasteiger partial charge in [0.25, 0.3) is 0 Å². The first kappa shape index (κ1) is 18.6. The molecule has 0 aromatic carbocycles. The van der Waals surface area contributed by atoms with Crippen molar-refractivity contribution < 1.29 is 0 Å². The van der Waals surface area contributed by atoms with Gasteiger partial charge in [-0.2, -0.15) is 0 Å². The second kappa shape index (κ2) is 7.69. The fourth-order valence-corrected chi connectivity index (χ4v) is 3.72. The summed E-state index contributed by atoms with van der Waals surface area (Å²) in [6.45, 7) is 8.90. The van der Waals surface area contributed by atoms with Gasteiger partial charge in [-0.25, -0.2) is 15.0 Å². The van der Waals surface area contributed by atoms with Crippen LogP contribution in [0, 0.1) is 6.92 Å². The van der Waals surface area contributed by atoms with E-state index in [1.165, 1.54) is 5.56 Å². The van der Waals surface area contributed by atoms with Crippen molar-refractivity contribution in [3.8, 4) is 0 Å². The summed E-state index contributed by atoms with van der Waals surface area (Å²) in [5.74, 6) is 4.73. The van der Waals surface area contributed by atoms with Crippen LogP contribution < -0.4 is 4.90 Å². The second-order valence-electron chi connectivity index (χ2n) is 7.87. The van der Waals surface area contributed by atoms with Crippen LogP contribution in [-0.2, 0) is 13.6 Å².